The zero-order valence-electron chi connectivity index (χ0n) is 17.8. The van der Waals surface area contributed by atoms with Crippen molar-refractivity contribution in [3.63, 3.8) is 0 Å². The number of hydrogen-bond donors (Lipinski definition) is 1. The van der Waals surface area contributed by atoms with Crippen LogP contribution in [0.5, 0.6) is 5.75 Å². The third kappa shape index (κ3) is 5.35. The van der Waals surface area contributed by atoms with Gasteiger partial charge in [0.2, 0.25) is 10.0 Å². The van der Waals surface area contributed by atoms with Gasteiger partial charge in [0, 0.05) is 42.9 Å². The topological polar surface area (TPSA) is 75.0 Å². The number of benzene rings is 2. The number of anilines is 1. The number of hydrogen-bond acceptors (Lipinski definition) is 6. The molecule has 0 spiro atoms. The van der Waals surface area contributed by atoms with Crippen LogP contribution in [-0.2, 0) is 10.0 Å². The van der Waals surface area contributed by atoms with Crippen molar-refractivity contribution in [3.8, 4) is 5.75 Å². The highest BCUT2D eigenvalue weighted by Crippen LogP contribution is 2.26. The van der Waals surface area contributed by atoms with Gasteiger partial charge in [-0.15, -0.1) is 0 Å². The Morgan fingerprint density at radius 3 is 2.31 bits per heavy atom. The Balaban J connectivity index is 1.43. The molecule has 9 heteroatoms. The minimum atomic E-state index is -3.62. The first-order valence-corrected chi connectivity index (χ1v) is 12.7. The molecule has 1 atom stereocenters. The van der Waals surface area contributed by atoms with Crippen LogP contribution in [0.15, 0.2) is 80.7 Å². The van der Waals surface area contributed by atoms with Gasteiger partial charge in [-0.25, -0.2) is 13.1 Å². The van der Waals surface area contributed by atoms with Crippen LogP contribution in [0.25, 0.3) is 0 Å². The van der Waals surface area contributed by atoms with Crippen molar-refractivity contribution >= 4 is 31.6 Å². The van der Waals surface area contributed by atoms with E-state index in [2.05, 4.69) is 42.6 Å². The van der Waals surface area contributed by atoms with Crippen LogP contribution in [0, 0.1) is 0 Å². The van der Waals surface area contributed by atoms with E-state index in [4.69, 9.17) is 9.15 Å². The zero-order chi connectivity index (χ0) is 22.6. The molecule has 0 aliphatic carbocycles. The second kappa shape index (κ2) is 10.1. The summed E-state index contributed by atoms with van der Waals surface area (Å²) in [5.41, 5.74) is 1.15. The summed E-state index contributed by atoms with van der Waals surface area (Å²) in [7, 11) is -1.96. The first kappa shape index (κ1) is 22.8. The number of sulfonamides is 1. The predicted molar refractivity (Wildman–Crippen MR) is 128 cm³/mol. The molecule has 1 N–H and O–H groups in total. The Morgan fingerprint density at radius 1 is 1.03 bits per heavy atom. The van der Waals surface area contributed by atoms with E-state index in [0.29, 0.717) is 0 Å². The number of rotatable bonds is 8. The Bertz CT molecular complexity index is 1100. The molecule has 1 aliphatic heterocycles. The van der Waals surface area contributed by atoms with Gasteiger partial charge >= 0.3 is 0 Å². The highest BCUT2D eigenvalue weighted by atomic mass is 79.9. The van der Waals surface area contributed by atoms with Gasteiger partial charge in [0.25, 0.3) is 0 Å². The number of nitrogens with one attached hydrogen (secondary N) is 1. The molecule has 2 aromatic carbocycles. The van der Waals surface area contributed by atoms with Gasteiger partial charge in [-0.1, -0.05) is 15.9 Å². The first-order valence-electron chi connectivity index (χ1n) is 10.4. The lowest BCUT2D eigenvalue weighted by atomic mass is 10.1. The van der Waals surface area contributed by atoms with Crippen LogP contribution < -0.4 is 14.4 Å². The van der Waals surface area contributed by atoms with Gasteiger partial charge in [0.05, 0.1) is 24.3 Å². The summed E-state index contributed by atoms with van der Waals surface area (Å²) in [6, 6.07) is 18.2. The molecule has 0 unspecified atom stereocenters. The largest absolute Gasteiger partial charge is 0.497 e. The Hall–Kier alpha value is -2.33. The number of ether oxygens (including phenoxy) is 1. The summed E-state index contributed by atoms with van der Waals surface area (Å²) >= 11 is 3.34. The third-order valence-corrected chi connectivity index (χ3v) is 7.62. The van der Waals surface area contributed by atoms with Gasteiger partial charge in [-0.2, -0.15) is 0 Å². The van der Waals surface area contributed by atoms with Gasteiger partial charge in [-0.05, 0) is 60.7 Å². The fraction of sp³-hybridized carbons (Fsp3) is 0.304. The van der Waals surface area contributed by atoms with Gasteiger partial charge in [0.15, 0.2) is 0 Å². The lowest BCUT2D eigenvalue weighted by Gasteiger charge is -2.39. The van der Waals surface area contributed by atoms with E-state index in [0.717, 1.165) is 47.8 Å². The molecule has 0 radical (unpaired) electrons. The fourth-order valence-electron chi connectivity index (χ4n) is 3.86. The van der Waals surface area contributed by atoms with Crippen LogP contribution in [0.1, 0.15) is 11.8 Å². The molecule has 3 aromatic rings. The minimum absolute atomic E-state index is 0.187. The molecule has 1 aliphatic rings. The molecule has 0 saturated carbocycles. The maximum absolute atomic E-state index is 12.8. The number of methoxy groups -OCH3 is 1. The SMILES string of the molecule is COc1ccc(N2CCN([C@H](CNS(=O)(=O)c3ccc(Br)cc3)c3ccco3)CC2)cc1. The lowest BCUT2D eigenvalue weighted by molar-refractivity contribution is 0.166. The van der Waals surface area contributed by atoms with Crippen LogP contribution >= 0.6 is 15.9 Å². The monoisotopic (exact) mass is 519 g/mol. The Labute approximate surface area is 197 Å². The lowest BCUT2D eigenvalue weighted by Crippen LogP contribution is -2.49. The molecule has 1 fully saturated rings. The Kier molecular flexibility index (Phi) is 7.20. The number of furan rings is 1. The average molecular weight is 520 g/mol. The van der Waals surface area contributed by atoms with Crippen LogP contribution in [0.3, 0.4) is 0 Å². The number of halogens is 1. The van der Waals surface area contributed by atoms with Crippen molar-refractivity contribution in [2.45, 2.75) is 10.9 Å². The maximum Gasteiger partial charge on any atom is 0.240 e. The van der Waals surface area contributed by atoms with E-state index in [1.54, 1.807) is 37.6 Å². The smallest absolute Gasteiger partial charge is 0.240 e. The van der Waals surface area contributed by atoms with Gasteiger partial charge < -0.3 is 14.1 Å². The highest BCUT2D eigenvalue weighted by molar-refractivity contribution is 9.10. The van der Waals surface area contributed by atoms with E-state index in [1.807, 2.05) is 24.3 Å². The normalized spacial score (nSPS) is 16.1. The van der Waals surface area contributed by atoms with Crippen molar-refractivity contribution in [2.75, 3.05) is 44.7 Å². The molecular formula is C23H26BrN3O4S. The van der Waals surface area contributed by atoms with Crippen molar-refractivity contribution < 1.29 is 17.6 Å². The van der Waals surface area contributed by atoms with E-state index >= 15 is 0 Å². The van der Waals surface area contributed by atoms with Crippen LogP contribution in [0.4, 0.5) is 5.69 Å². The summed E-state index contributed by atoms with van der Waals surface area (Å²) in [5.74, 6) is 1.59. The van der Waals surface area contributed by atoms with Crippen molar-refractivity contribution in [3.05, 3.63) is 77.2 Å². The van der Waals surface area contributed by atoms with Crippen LogP contribution in [-0.4, -0.2) is 53.2 Å². The highest BCUT2D eigenvalue weighted by Gasteiger charge is 2.28. The third-order valence-electron chi connectivity index (χ3n) is 5.65. The van der Waals surface area contributed by atoms with Crippen molar-refractivity contribution in [2.24, 2.45) is 0 Å². The molecule has 4 rings (SSSR count). The Morgan fingerprint density at radius 2 is 1.72 bits per heavy atom. The summed E-state index contributed by atoms with van der Waals surface area (Å²) in [5, 5.41) is 0. The molecule has 32 heavy (non-hydrogen) atoms. The second-order valence-electron chi connectivity index (χ2n) is 7.56. The molecule has 1 saturated heterocycles. The van der Waals surface area contributed by atoms with E-state index < -0.39 is 10.0 Å². The summed E-state index contributed by atoms with van der Waals surface area (Å²) in [6.07, 6.45) is 1.62. The van der Waals surface area contributed by atoms with Crippen LogP contribution in [0.2, 0.25) is 0 Å². The van der Waals surface area contributed by atoms with Crippen molar-refractivity contribution in [1.82, 2.24) is 9.62 Å². The first-order chi connectivity index (χ1) is 15.5. The summed E-state index contributed by atoms with van der Waals surface area (Å²) < 4.78 is 40.1. The molecule has 1 aromatic heterocycles. The van der Waals surface area contributed by atoms with Gasteiger partial charge in [-0.3, -0.25) is 4.90 Å². The minimum Gasteiger partial charge on any atom is -0.497 e. The molecule has 7 nitrogen and oxygen atoms in total. The zero-order valence-corrected chi connectivity index (χ0v) is 20.2. The quantitative estimate of drug-likeness (QED) is 0.486. The molecular weight excluding hydrogens is 494 g/mol. The standard InChI is InChI=1S/C23H26BrN3O4S/c1-30-20-8-6-19(7-9-20)26-12-14-27(15-13-26)22(23-3-2-16-31-23)17-25-32(28,29)21-10-4-18(24)5-11-21/h2-11,16,22,25H,12-15,17H2,1H3/t22-/m1/s1. The number of piperazine rings is 1. The van der Waals surface area contributed by atoms with Gasteiger partial charge in [0.1, 0.15) is 11.5 Å². The van der Waals surface area contributed by atoms with E-state index in [1.165, 1.54) is 0 Å². The second-order valence-corrected chi connectivity index (χ2v) is 10.2. The molecule has 2 heterocycles. The molecule has 0 amide bonds. The van der Waals surface area contributed by atoms with E-state index in [-0.39, 0.29) is 17.5 Å². The summed E-state index contributed by atoms with van der Waals surface area (Å²) in [6.45, 7) is 3.48. The predicted octanol–water partition coefficient (Wildman–Crippen LogP) is 3.89. The molecule has 0 bridgehead atoms. The van der Waals surface area contributed by atoms with E-state index in [9.17, 15) is 8.42 Å². The van der Waals surface area contributed by atoms with Crippen molar-refractivity contribution in [1.29, 1.82) is 0 Å². The fourth-order valence-corrected chi connectivity index (χ4v) is 5.16. The average Bonchev–Trinajstić information content (AvgIpc) is 3.35. The molecule has 170 valence electrons. The summed E-state index contributed by atoms with van der Waals surface area (Å²) in [4.78, 5) is 4.83. The number of nitrogens with zero attached hydrogens (tertiary/aromatic N) is 2. The maximum atomic E-state index is 12.8.